The quantitative estimate of drug-likeness (QED) is 0.450. The van der Waals surface area contributed by atoms with Gasteiger partial charge in [-0.1, -0.05) is 36.4 Å². The van der Waals surface area contributed by atoms with E-state index in [1.807, 2.05) is 13.8 Å². The molecule has 0 bridgehead atoms. The molecular weight excluding hydrogens is 418 g/mol. The van der Waals surface area contributed by atoms with Crippen molar-refractivity contribution in [2.45, 2.75) is 70.6 Å². The van der Waals surface area contributed by atoms with Crippen LogP contribution in [0.25, 0.3) is 10.9 Å². The van der Waals surface area contributed by atoms with Crippen LogP contribution in [0.1, 0.15) is 56.2 Å². The number of benzene rings is 2. The van der Waals surface area contributed by atoms with E-state index in [0.29, 0.717) is 6.04 Å². The van der Waals surface area contributed by atoms with Crippen LogP contribution in [-0.2, 0) is 19.4 Å². The molecule has 4 nitrogen and oxygen atoms in total. The van der Waals surface area contributed by atoms with Crippen molar-refractivity contribution in [2.75, 3.05) is 26.2 Å². The highest BCUT2D eigenvalue weighted by atomic mass is 16.3. The summed E-state index contributed by atoms with van der Waals surface area (Å²) in [6.07, 6.45) is 9.04. The molecule has 0 radical (unpaired) electrons. The van der Waals surface area contributed by atoms with Gasteiger partial charge in [0.25, 0.3) is 0 Å². The summed E-state index contributed by atoms with van der Waals surface area (Å²) < 4.78 is 0. The summed E-state index contributed by atoms with van der Waals surface area (Å²) in [5, 5.41) is 11.5. The normalized spacial score (nSPS) is 22.2. The van der Waals surface area contributed by atoms with Gasteiger partial charge >= 0.3 is 0 Å². The highest BCUT2D eigenvalue weighted by Crippen LogP contribution is 2.29. The number of aryl methyl sites for hydroxylation is 1. The number of H-pyrrole nitrogens is 1. The lowest BCUT2D eigenvalue weighted by molar-refractivity contribution is 0.0714. The van der Waals surface area contributed by atoms with E-state index in [1.54, 1.807) is 0 Å². The van der Waals surface area contributed by atoms with E-state index >= 15 is 0 Å². The molecule has 3 aromatic rings. The van der Waals surface area contributed by atoms with Crippen molar-refractivity contribution in [1.82, 2.24) is 14.8 Å². The maximum Gasteiger partial charge on any atom is 0.0594 e. The number of nitrogens with zero attached hydrogens (tertiary/aromatic N) is 2. The zero-order valence-electron chi connectivity index (χ0n) is 21.0. The Morgan fingerprint density at radius 3 is 2.71 bits per heavy atom. The Bertz CT molecular complexity index is 1070. The van der Waals surface area contributed by atoms with Crippen molar-refractivity contribution in [3.05, 3.63) is 71.4 Å². The summed E-state index contributed by atoms with van der Waals surface area (Å²) in [4.78, 5) is 8.93. The lowest BCUT2D eigenvalue weighted by Crippen LogP contribution is -2.36. The molecule has 2 aliphatic rings. The number of likely N-dealkylation sites (tertiary alicyclic amines) is 2. The minimum atomic E-state index is -0.614. The first-order valence-corrected chi connectivity index (χ1v) is 13.2. The first-order valence-electron chi connectivity index (χ1n) is 13.2. The van der Waals surface area contributed by atoms with Crippen molar-refractivity contribution < 1.29 is 5.11 Å². The summed E-state index contributed by atoms with van der Waals surface area (Å²) in [6.45, 7) is 9.84. The number of rotatable bonds is 9. The predicted molar refractivity (Wildman–Crippen MR) is 141 cm³/mol. The van der Waals surface area contributed by atoms with Crippen LogP contribution in [0.3, 0.4) is 0 Å². The minimum absolute atomic E-state index is 0.614. The molecule has 0 amide bonds. The molecule has 2 N–H and O–H groups in total. The van der Waals surface area contributed by atoms with E-state index in [-0.39, 0.29) is 0 Å². The third-order valence-electron chi connectivity index (χ3n) is 7.92. The van der Waals surface area contributed by atoms with E-state index in [0.717, 1.165) is 31.7 Å². The molecular formula is C30H41N3O. The fraction of sp³-hybridized carbons (Fsp3) is 0.533. The summed E-state index contributed by atoms with van der Waals surface area (Å²) >= 11 is 0. The molecule has 5 rings (SSSR count). The largest absolute Gasteiger partial charge is 0.390 e. The third kappa shape index (κ3) is 5.91. The second kappa shape index (κ2) is 10.2. The van der Waals surface area contributed by atoms with E-state index in [4.69, 9.17) is 0 Å². The van der Waals surface area contributed by atoms with Gasteiger partial charge in [-0.3, -0.25) is 9.80 Å². The molecule has 0 aliphatic carbocycles. The molecule has 2 atom stereocenters. The molecule has 34 heavy (non-hydrogen) atoms. The molecule has 0 spiro atoms. The highest BCUT2D eigenvalue weighted by Gasteiger charge is 2.30. The maximum atomic E-state index is 10.1. The Hall–Kier alpha value is -2.14. The number of aromatic amines is 1. The van der Waals surface area contributed by atoms with Crippen molar-refractivity contribution in [3.8, 4) is 0 Å². The second-order valence-electron chi connectivity index (χ2n) is 11.4. The Balaban J connectivity index is 1.19. The molecule has 2 aliphatic heterocycles. The van der Waals surface area contributed by atoms with E-state index in [1.165, 1.54) is 73.0 Å². The number of aromatic nitrogens is 1. The van der Waals surface area contributed by atoms with Gasteiger partial charge in [0.05, 0.1) is 5.60 Å². The smallest absolute Gasteiger partial charge is 0.0594 e. The van der Waals surface area contributed by atoms with E-state index in [2.05, 4.69) is 69.5 Å². The summed E-state index contributed by atoms with van der Waals surface area (Å²) in [6, 6.07) is 18.3. The van der Waals surface area contributed by atoms with Gasteiger partial charge in [0, 0.05) is 42.8 Å². The van der Waals surface area contributed by atoms with Crippen LogP contribution in [0.2, 0.25) is 0 Å². The Morgan fingerprint density at radius 1 is 1.03 bits per heavy atom. The molecule has 2 fully saturated rings. The molecule has 182 valence electrons. The highest BCUT2D eigenvalue weighted by molar-refractivity contribution is 5.84. The van der Waals surface area contributed by atoms with Gasteiger partial charge in [-0.15, -0.1) is 0 Å². The van der Waals surface area contributed by atoms with Crippen LogP contribution in [-0.4, -0.2) is 57.7 Å². The van der Waals surface area contributed by atoms with Crippen LogP contribution in [0.15, 0.2) is 54.7 Å². The fourth-order valence-electron chi connectivity index (χ4n) is 6.00. The molecule has 3 heterocycles. The maximum absolute atomic E-state index is 10.1. The van der Waals surface area contributed by atoms with Gasteiger partial charge < -0.3 is 10.1 Å². The Morgan fingerprint density at radius 2 is 1.88 bits per heavy atom. The molecule has 2 saturated heterocycles. The standard InChI is InChI=1S/C30H41N3O/c1-30(2,34)14-12-23-10-11-29-28(17-23)26(19-31-29)18-27-9-6-15-33(27)22-25-13-16-32(21-25)20-24-7-4-3-5-8-24/h3-5,7-8,10-11,17,19,25,27,31,34H,6,9,12-16,18,20-22H2,1-2H3. The molecule has 1 aromatic heterocycles. The van der Waals surface area contributed by atoms with Gasteiger partial charge in [0.15, 0.2) is 0 Å². The number of hydrogen-bond acceptors (Lipinski definition) is 3. The number of aliphatic hydroxyl groups is 1. The molecule has 2 aromatic carbocycles. The van der Waals surface area contributed by atoms with Gasteiger partial charge in [-0.25, -0.2) is 0 Å². The lowest BCUT2D eigenvalue weighted by Gasteiger charge is -2.27. The first kappa shape index (κ1) is 23.6. The van der Waals surface area contributed by atoms with Crippen molar-refractivity contribution in [3.63, 3.8) is 0 Å². The third-order valence-corrected chi connectivity index (χ3v) is 7.92. The SMILES string of the molecule is CC(C)(O)CCc1ccc2[nH]cc(CC3CCCN3CC3CCN(Cc4ccccc4)C3)c2c1. The van der Waals surface area contributed by atoms with Gasteiger partial charge in [0.2, 0.25) is 0 Å². The van der Waals surface area contributed by atoms with Gasteiger partial charge in [-0.05, 0) is 100 Å². The van der Waals surface area contributed by atoms with E-state index < -0.39 is 5.60 Å². The number of hydrogen-bond donors (Lipinski definition) is 2. The van der Waals surface area contributed by atoms with Crippen molar-refractivity contribution in [2.24, 2.45) is 5.92 Å². The minimum Gasteiger partial charge on any atom is -0.390 e. The van der Waals surface area contributed by atoms with E-state index in [9.17, 15) is 5.11 Å². The zero-order chi connectivity index (χ0) is 23.5. The van der Waals surface area contributed by atoms with Crippen LogP contribution in [0.5, 0.6) is 0 Å². The molecule has 2 unspecified atom stereocenters. The second-order valence-corrected chi connectivity index (χ2v) is 11.4. The molecule has 4 heteroatoms. The topological polar surface area (TPSA) is 42.5 Å². The fourth-order valence-corrected chi connectivity index (χ4v) is 6.00. The predicted octanol–water partition coefficient (Wildman–Crippen LogP) is 5.40. The lowest BCUT2D eigenvalue weighted by atomic mass is 9.96. The Labute approximate surface area is 205 Å². The van der Waals surface area contributed by atoms with Crippen LogP contribution in [0, 0.1) is 5.92 Å². The number of fused-ring (bicyclic) bond motifs is 1. The average Bonchev–Trinajstić information content (AvgIpc) is 3.54. The van der Waals surface area contributed by atoms with Crippen molar-refractivity contribution >= 4 is 10.9 Å². The van der Waals surface area contributed by atoms with Crippen LogP contribution >= 0.6 is 0 Å². The van der Waals surface area contributed by atoms with Crippen LogP contribution < -0.4 is 0 Å². The zero-order valence-corrected chi connectivity index (χ0v) is 21.0. The first-order chi connectivity index (χ1) is 16.4. The summed E-state index contributed by atoms with van der Waals surface area (Å²) in [7, 11) is 0. The monoisotopic (exact) mass is 459 g/mol. The molecule has 0 saturated carbocycles. The number of nitrogens with one attached hydrogen (secondary N) is 1. The van der Waals surface area contributed by atoms with Gasteiger partial charge in [0.1, 0.15) is 0 Å². The summed E-state index contributed by atoms with van der Waals surface area (Å²) in [5.74, 6) is 0.792. The van der Waals surface area contributed by atoms with Crippen molar-refractivity contribution in [1.29, 1.82) is 0 Å². The van der Waals surface area contributed by atoms with Crippen LogP contribution in [0.4, 0.5) is 0 Å². The summed E-state index contributed by atoms with van der Waals surface area (Å²) in [5.41, 5.74) is 4.83. The van der Waals surface area contributed by atoms with Gasteiger partial charge in [-0.2, -0.15) is 0 Å². The average molecular weight is 460 g/mol. The Kier molecular flexibility index (Phi) is 7.10.